The van der Waals surface area contributed by atoms with E-state index in [9.17, 15) is 4.79 Å². The van der Waals surface area contributed by atoms with Gasteiger partial charge < -0.3 is 10.6 Å². The van der Waals surface area contributed by atoms with Crippen LogP contribution in [0.15, 0.2) is 66.9 Å². The number of rotatable bonds is 10. The number of hydrogen-bond acceptors (Lipinski definition) is 4. The Morgan fingerprint density at radius 2 is 1.48 bits per heavy atom. The molecule has 0 bridgehead atoms. The lowest BCUT2D eigenvalue weighted by atomic mass is 9.88. The van der Waals surface area contributed by atoms with Gasteiger partial charge in [-0.3, -0.25) is 0 Å². The number of carbonyl (C=O) groups excluding carboxylic acids is 1. The van der Waals surface area contributed by atoms with E-state index < -0.39 is 12.0 Å². The Hall–Kier alpha value is -2.59. The molecule has 156 valence electrons. The van der Waals surface area contributed by atoms with Crippen molar-refractivity contribution in [3.05, 3.63) is 83.6 Å². The molecule has 0 aliphatic rings. The van der Waals surface area contributed by atoms with Crippen LogP contribution in [-0.2, 0) is 28.9 Å². The summed E-state index contributed by atoms with van der Waals surface area (Å²) < 4.78 is 0. The third kappa shape index (κ3) is 8.12. The zero-order valence-electron chi connectivity index (χ0n) is 17.9. The second-order valence-corrected chi connectivity index (χ2v) is 8.66. The number of hydroxylamine groups is 1. The van der Waals surface area contributed by atoms with Gasteiger partial charge in [0.05, 0.1) is 0 Å². The van der Waals surface area contributed by atoms with Crippen molar-refractivity contribution in [3.8, 4) is 0 Å². The number of aryl methyl sites for hydroxylation is 2. The van der Waals surface area contributed by atoms with Crippen molar-refractivity contribution in [3.63, 3.8) is 0 Å². The largest absolute Gasteiger partial charge is 0.349 e. The summed E-state index contributed by atoms with van der Waals surface area (Å²) in [6, 6.07) is 18.4. The number of benzene rings is 2. The fourth-order valence-corrected chi connectivity index (χ4v) is 2.95. The molecule has 1 atom stereocenters. The normalized spacial score (nSPS) is 12.3. The Bertz CT molecular complexity index is 777. The number of nitrogens with one attached hydrogen (secondary N) is 1. The first-order chi connectivity index (χ1) is 13.8. The molecule has 4 heteroatoms. The van der Waals surface area contributed by atoms with Gasteiger partial charge in [-0.1, -0.05) is 81.9 Å². The van der Waals surface area contributed by atoms with Crippen LogP contribution in [0.5, 0.6) is 0 Å². The molecule has 0 aromatic heterocycles. The van der Waals surface area contributed by atoms with Gasteiger partial charge in [-0.2, -0.15) is 0 Å². The number of unbranched alkanes of at least 4 members (excludes halogenated alkanes) is 1. The summed E-state index contributed by atoms with van der Waals surface area (Å²) in [6.45, 7) is 9.63. The highest BCUT2D eigenvalue weighted by Gasteiger charge is 2.29. The Morgan fingerprint density at radius 3 is 2.03 bits per heavy atom. The molecule has 0 saturated heterocycles. The van der Waals surface area contributed by atoms with Gasteiger partial charge >= 0.3 is 5.97 Å². The third-order valence-electron chi connectivity index (χ3n) is 4.95. The highest BCUT2D eigenvalue weighted by atomic mass is 16.7. The number of allylic oxidation sites excluding steroid dienone is 1. The molecule has 2 aromatic carbocycles. The molecular formula is C25H34N2O2. The first kappa shape index (κ1) is 22.7. The fraction of sp³-hybridized carbons (Fsp3) is 0.400. The van der Waals surface area contributed by atoms with Crippen LogP contribution in [0.4, 0.5) is 0 Å². The van der Waals surface area contributed by atoms with Crippen LogP contribution in [0.2, 0.25) is 0 Å². The lowest BCUT2D eigenvalue weighted by Crippen LogP contribution is -2.45. The molecular weight excluding hydrogens is 360 g/mol. The zero-order valence-corrected chi connectivity index (χ0v) is 17.9. The van der Waals surface area contributed by atoms with Gasteiger partial charge in [0.25, 0.3) is 0 Å². The van der Waals surface area contributed by atoms with Crippen LogP contribution in [-0.4, -0.2) is 12.0 Å². The molecule has 0 amide bonds. The SMILES string of the molecule is C=C(Cc1ccc(CCCCc2ccccc2)cc1)NOC(=O)[C@@H](N)C(C)(C)C. The summed E-state index contributed by atoms with van der Waals surface area (Å²) in [6.07, 6.45) is 5.16. The van der Waals surface area contributed by atoms with Crippen molar-refractivity contribution >= 4 is 5.97 Å². The fourth-order valence-electron chi connectivity index (χ4n) is 2.95. The molecule has 0 aliphatic heterocycles. The summed E-state index contributed by atoms with van der Waals surface area (Å²) in [5, 5.41) is 0. The minimum Gasteiger partial charge on any atom is -0.342 e. The van der Waals surface area contributed by atoms with E-state index in [4.69, 9.17) is 10.6 Å². The average molecular weight is 395 g/mol. The third-order valence-corrected chi connectivity index (χ3v) is 4.95. The highest BCUT2D eigenvalue weighted by molar-refractivity contribution is 5.76. The summed E-state index contributed by atoms with van der Waals surface area (Å²) in [5.41, 5.74) is 12.6. The maximum absolute atomic E-state index is 12.0. The van der Waals surface area contributed by atoms with E-state index in [0.29, 0.717) is 12.1 Å². The van der Waals surface area contributed by atoms with Crippen molar-refractivity contribution in [1.29, 1.82) is 0 Å². The van der Waals surface area contributed by atoms with Gasteiger partial charge in [0.15, 0.2) is 0 Å². The van der Waals surface area contributed by atoms with Crippen molar-refractivity contribution < 1.29 is 9.63 Å². The first-order valence-corrected chi connectivity index (χ1v) is 10.3. The molecule has 2 rings (SSSR count). The number of carbonyl (C=O) groups is 1. The Morgan fingerprint density at radius 1 is 0.966 bits per heavy atom. The van der Waals surface area contributed by atoms with Crippen LogP contribution in [0, 0.1) is 5.41 Å². The van der Waals surface area contributed by atoms with E-state index in [1.807, 2.05) is 20.8 Å². The topological polar surface area (TPSA) is 64.3 Å². The molecule has 4 nitrogen and oxygen atoms in total. The molecule has 0 aliphatic carbocycles. The smallest absolute Gasteiger partial charge is 0.342 e. The molecule has 3 N–H and O–H groups in total. The van der Waals surface area contributed by atoms with Gasteiger partial charge in [0.2, 0.25) is 0 Å². The molecule has 2 aromatic rings. The summed E-state index contributed by atoms with van der Waals surface area (Å²) in [4.78, 5) is 17.0. The summed E-state index contributed by atoms with van der Waals surface area (Å²) in [7, 11) is 0. The van der Waals surface area contributed by atoms with Crippen LogP contribution in [0.1, 0.15) is 50.3 Å². The number of nitrogens with two attached hydrogens (primary N) is 1. The predicted molar refractivity (Wildman–Crippen MR) is 119 cm³/mol. The molecule has 0 heterocycles. The van der Waals surface area contributed by atoms with E-state index >= 15 is 0 Å². The second kappa shape index (κ2) is 10.8. The number of hydrogen-bond donors (Lipinski definition) is 2. The van der Waals surface area contributed by atoms with Crippen LogP contribution in [0.25, 0.3) is 0 Å². The van der Waals surface area contributed by atoms with Crippen molar-refractivity contribution in [2.24, 2.45) is 11.1 Å². The molecule has 29 heavy (non-hydrogen) atoms. The Labute approximate surface area is 175 Å². The second-order valence-electron chi connectivity index (χ2n) is 8.66. The monoisotopic (exact) mass is 394 g/mol. The minimum absolute atomic E-state index is 0.350. The zero-order chi connectivity index (χ0) is 21.3. The lowest BCUT2D eigenvalue weighted by molar-refractivity contribution is -0.153. The standard InChI is InChI=1S/C25H34N2O2/c1-19(27-29-24(28)23(26)25(2,3)4)18-22-16-14-21(15-17-22)13-9-8-12-20-10-6-5-7-11-20/h5-7,10-11,14-17,23,27H,1,8-9,12-13,18,26H2,2-4H3/t23-/m1/s1. The summed E-state index contributed by atoms with van der Waals surface area (Å²) in [5.74, 6) is -0.482. The van der Waals surface area contributed by atoms with E-state index in [0.717, 1.165) is 18.4 Å². The Kier molecular flexibility index (Phi) is 8.47. The van der Waals surface area contributed by atoms with Gasteiger partial charge in [0, 0.05) is 12.1 Å². The minimum atomic E-state index is -0.691. The molecule has 0 unspecified atom stereocenters. The highest BCUT2D eigenvalue weighted by Crippen LogP contribution is 2.18. The van der Waals surface area contributed by atoms with Gasteiger partial charge in [0.1, 0.15) is 6.04 Å². The predicted octanol–water partition coefficient (Wildman–Crippen LogP) is 4.73. The quantitative estimate of drug-likeness (QED) is 0.452. The maximum atomic E-state index is 12.0. The van der Waals surface area contributed by atoms with Gasteiger partial charge in [-0.25, -0.2) is 10.3 Å². The molecule has 0 spiro atoms. The first-order valence-electron chi connectivity index (χ1n) is 10.3. The van der Waals surface area contributed by atoms with E-state index in [-0.39, 0.29) is 5.41 Å². The van der Waals surface area contributed by atoms with Crippen LogP contribution in [0.3, 0.4) is 0 Å². The van der Waals surface area contributed by atoms with Crippen LogP contribution < -0.4 is 11.2 Å². The van der Waals surface area contributed by atoms with Crippen molar-refractivity contribution in [2.45, 2.75) is 58.9 Å². The molecule has 0 fully saturated rings. The van der Waals surface area contributed by atoms with Gasteiger partial charge in [-0.15, -0.1) is 0 Å². The molecule has 0 saturated carbocycles. The van der Waals surface area contributed by atoms with E-state index in [1.165, 1.54) is 24.0 Å². The van der Waals surface area contributed by atoms with E-state index in [1.54, 1.807) is 0 Å². The van der Waals surface area contributed by atoms with Crippen LogP contribution >= 0.6 is 0 Å². The molecule has 0 radical (unpaired) electrons. The summed E-state index contributed by atoms with van der Waals surface area (Å²) >= 11 is 0. The van der Waals surface area contributed by atoms with Gasteiger partial charge in [-0.05, 0) is 47.8 Å². The Balaban J connectivity index is 1.70. The van der Waals surface area contributed by atoms with Crippen molar-refractivity contribution in [2.75, 3.05) is 0 Å². The maximum Gasteiger partial charge on any atom is 0.349 e. The average Bonchev–Trinajstić information content (AvgIpc) is 2.70. The van der Waals surface area contributed by atoms with Crippen molar-refractivity contribution in [1.82, 2.24) is 5.48 Å². The van der Waals surface area contributed by atoms with E-state index in [2.05, 4.69) is 66.7 Å². The lowest BCUT2D eigenvalue weighted by Gasteiger charge is -2.24.